The van der Waals surface area contributed by atoms with E-state index in [1.54, 1.807) is 0 Å². The minimum Gasteiger partial charge on any atom is -0.360 e. The first kappa shape index (κ1) is 11.8. The third-order valence-corrected chi connectivity index (χ3v) is 5.70. The number of fused-ring (bicyclic) bond motifs is 1. The summed E-state index contributed by atoms with van der Waals surface area (Å²) in [6.45, 7) is 3.53. The van der Waals surface area contributed by atoms with Crippen LogP contribution in [0.4, 0.5) is 0 Å². The van der Waals surface area contributed by atoms with E-state index in [1.165, 1.54) is 25.9 Å². The van der Waals surface area contributed by atoms with Gasteiger partial charge in [0.05, 0.1) is 11.1 Å². The predicted octanol–water partition coefficient (Wildman–Crippen LogP) is 1.99. The van der Waals surface area contributed by atoms with Gasteiger partial charge in [0.2, 0.25) is 0 Å². The summed E-state index contributed by atoms with van der Waals surface area (Å²) in [5, 5.41) is 4.39. The van der Waals surface area contributed by atoms with Crippen molar-refractivity contribution >= 4 is 16.8 Å². The normalized spacial score (nSPS) is 36.5. The molecule has 2 atom stereocenters. The number of amides is 1. The fourth-order valence-corrected chi connectivity index (χ4v) is 4.98. The Hall–Kier alpha value is -1.81. The van der Waals surface area contributed by atoms with Crippen LogP contribution in [0, 0.1) is 11.8 Å². The Morgan fingerprint density at radius 2 is 2.00 bits per heavy atom. The Labute approximate surface area is 123 Å². The van der Waals surface area contributed by atoms with Crippen LogP contribution in [0.1, 0.15) is 23.2 Å². The number of rotatable bonds is 2. The van der Waals surface area contributed by atoms with E-state index in [-0.39, 0.29) is 11.4 Å². The van der Waals surface area contributed by atoms with Crippen molar-refractivity contribution in [1.82, 2.24) is 15.2 Å². The van der Waals surface area contributed by atoms with Gasteiger partial charge in [-0.25, -0.2) is 0 Å². The topological polar surface area (TPSA) is 48.1 Å². The maximum atomic E-state index is 12.7. The van der Waals surface area contributed by atoms with Gasteiger partial charge < -0.3 is 15.2 Å². The van der Waals surface area contributed by atoms with Gasteiger partial charge in [0.1, 0.15) is 0 Å². The summed E-state index contributed by atoms with van der Waals surface area (Å²) >= 11 is 0. The van der Waals surface area contributed by atoms with Gasteiger partial charge in [0.25, 0.3) is 5.91 Å². The molecular formula is C17H19N3O. The second-order valence-electron chi connectivity index (χ2n) is 7.10. The quantitative estimate of drug-likeness (QED) is 0.884. The molecule has 1 aliphatic carbocycles. The molecule has 6 rings (SSSR count). The van der Waals surface area contributed by atoms with E-state index in [2.05, 4.69) is 15.2 Å². The summed E-state index contributed by atoms with van der Waals surface area (Å²) in [5.74, 6) is 1.69. The second kappa shape index (κ2) is 3.89. The second-order valence-corrected chi connectivity index (χ2v) is 7.10. The number of hydrogen-bond acceptors (Lipinski definition) is 2. The maximum absolute atomic E-state index is 12.7. The number of aromatic nitrogens is 1. The summed E-state index contributed by atoms with van der Waals surface area (Å²) < 4.78 is 0. The molecule has 3 saturated heterocycles. The molecule has 4 heterocycles. The zero-order valence-electron chi connectivity index (χ0n) is 11.9. The molecule has 21 heavy (non-hydrogen) atoms. The van der Waals surface area contributed by atoms with Crippen LogP contribution in [0.15, 0.2) is 30.5 Å². The van der Waals surface area contributed by atoms with Crippen molar-refractivity contribution in [1.29, 1.82) is 0 Å². The molecule has 108 valence electrons. The van der Waals surface area contributed by atoms with E-state index in [9.17, 15) is 4.79 Å². The number of hydrogen-bond donors (Lipinski definition) is 2. The van der Waals surface area contributed by atoms with E-state index in [1.807, 2.05) is 30.5 Å². The monoisotopic (exact) mass is 281 g/mol. The van der Waals surface area contributed by atoms with Gasteiger partial charge in [-0.05, 0) is 30.7 Å². The molecule has 4 nitrogen and oxygen atoms in total. The molecule has 1 aromatic carbocycles. The number of H-pyrrole nitrogens is 1. The van der Waals surface area contributed by atoms with E-state index in [4.69, 9.17) is 0 Å². The average Bonchev–Trinajstić information content (AvgIpc) is 3.07. The first-order chi connectivity index (χ1) is 10.2. The van der Waals surface area contributed by atoms with Gasteiger partial charge >= 0.3 is 0 Å². The van der Waals surface area contributed by atoms with Crippen LogP contribution < -0.4 is 5.32 Å². The lowest BCUT2D eigenvalue weighted by Crippen LogP contribution is -2.58. The molecule has 4 bridgehead atoms. The van der Waals surface area contributed by atoms with Gasteiger partial charge in [-0.1, -0.05) is 18.2 Å². The van der Waals surface area contributed by atoms with Crippen molar-refractivity contribution < 1.29 is 4.79 Å². The largest absolute Gasteiger partial charge is 0.360 e. The molecule has 2 unspecified atom stereocenters. The number of nitrogens with one attached hydrogen (secondary N) is 2. The summed E-state index contributed by atoms with van der Waals surface area (Å²) in [7, 11) is 0. The Morgan fingerprint density at radius 1 is 1.24 bits per heavy atom. The van der Waals surface area contributed by atoms with Gasteiger partial charge in [-0.15, -0.1) is 0 Å². The maximum Gasteiger partial charge on any atom is 0.253 e. The summed E-state index contributed by atoms with van der Waals surface area (Å²) in [6, 6.07) is 8.00. The minimum atomic E-state index is 0.0291. The summed E-state index contributed by atoms with van der Waals surface area (Å²) in [5.41, 5.74) is 1.83. The standard InChI is InChI=1S/C17H19N3O/c21-16(14-7-18-15-4-2-1-3-13(14)15)19-17-5-11-8-20(10-17)9-12(11)6-17/h1-4,7,11-12,18H,5-6,8-10H2,(H,19,21). The average molecular weight is 281 g/mol. The number of piperidine rings is 2. The zero-order chi connectivity index (χ0) is 14.0. The van der Waals surface area contributed by atoms with Crippen LogP contribution in [-0.2, 0) is 0 Å². The third kappa shape index (κ3) is 1.62. The van der Waals surface area contributed by atoms with Crippen molar-refractivity contribution in [2.75, 3.05) is 19.6 Å². The molecule has 1 amide bonds. The van der Waals surface area contributed by atoms with Crippen LogP contribution in [0.2, 0.25) is 0 Å². The molecular weight excluding hydrogens is 262 g/mol. The molecule has 3 aliphatic heterocycles. The fourth-order valence-electron chi connectivity index (χ4n) is 4.98. The number of nitrogens with zero attached hydrogens (tertiary/aromatic N) is 1. The van der Waals surface area contributed by atoms with Crippen molar-refractivity contribution in [3.63, 3.8) is 0 Å². The van der Waals surface area contributed by atoms with Crippen molar-refractivity contribution in [3.8, 4) is 0 Å². The molecule has 0 spiro atoms. The van der Waals surface area contributed by atoms with Crippen molar-refractivity contribution in [2.24, 2.45) is 11.8 Å². The fraction of sp³-hybridized carbons (Fsp3) is 0.471. The Morgan fingerprint density at radius 3 is 2.76 bits per heavy atom. The Bertz CT molecular complexity index is 715. The molecule has 4 fully saturated rings. The number of aromatic amines is 1. The van der Waals surface area contributed by atoms with E-state index >= 15 is 0 Å². The van der Waals surface area contributed by atoms with Crippen LogP contribution in [0.25, 0.3) is 10.9 Å². The Balaban J connectivity index is 1.45. The zero-order valence-corrected chi connectivity index (χ0v) is 11.9. The molecule has 2 N–H and O–H groups in total. The highest BCUT2D eigenvalue weighted by Gasteiger charge is 2.55. The minimum absolute atomic E-state index is 0.0291. The van der Waals surface area contributed by atoms with E-state index < -0.39 is 0 Å². The first-order valence-electron chi connectivity index (χ1n) is 7.83. The van der Waals surface area contributed by atoms with Crippen LogP contribution in [-0.4, -0.2) is 41.0 Å². The third-order valence-electron chi connectivity index (χ3n) is 5.70. The molecule has 4 aliphatic rings. The number of benzene rings is 1. The molecule has 1 aromatic heterocycles. The van der Waals surface area contributed by atoms with Crippen LogP contribution in [0.3, 0.4) is 0 Å². The first-order valence-corrected chi connectivity index (χ1v) is 7.83. The summed E-state index contributed by atoms with van der Waals surface area (Å²) in [4.78, 5) is 18.5. The number of carbonyl (C=O) groups is 1. The molecule has 0 radical (unpaired) electrons. The lowest BCUT2D eigenvalue weighted by atomic mass is 9.90. The smallest absolute Gasteiger partial charge is 0.253 e. The number of carbonyl (C=O) groups excluding carboxylic acids is 1. The molecule has 2 aromatic rings. The number of para-hydroxylation sites is 1. The van der Waals surface area contributed by atoms with Gasteiger partial charge in [0, 0.05) is 36.7 Å². The SMILES string of the molecule is O=C(NC12CC3CN(CC3C1)C2)c1c[nH]c2ccccc12. The lowest BCUT2D eigenvalue weighted by Gasteiger charge is -2.40. The van der Waals surface area contributed by atoms with Crippen molar-refractivity contribution in [2.45, 2.75) is 18.4 Å². The predicted molar refractivity (Wildman–Crippen MR) is 81.1 cm³/mol. The molecule has 4 heteroatoms. The van der Waals surface area contributed by atoms with Crippen LogP contribution >= 0.6 is 0 Å². The summed E-state index contributed by atoms with van der Waals surface area (Å²) in [6.07, 6.45) is 4.18. The van der Waals surface area contributed by atoms with Crippen molar-refractivity contribution in [3.05, 3.63) is 36.0 Å². The highest BCUT2D eigenvalue weighted by Crippen LogP contribution is 2.49. The highest BCUT2D eigenvalue weighted by molar-refractivity contribution is 6.07. The lowest BCUT2D eigenvalue weighted by molar-refractivity contribution is 0.0802. The van der Waals surface area contributed by atoms with Gasteiger partial charge in [-0.3, -0.25) is 4.79 Å². The van der Waals surface area contributed by atoms with Gasteiger partial charge in [0.15, 0.2) is 0 Å². The molecule has 1 saturated carbocycles. The van der Waals surface area contributed by atoms with Gasteiger partial charge in [-0.2, -0.15) is 0 Å². The van der Waals surface area contributed by atoms with E-state index in [0.717, 1.165) is 34.8 Å². The highest BCUT2D eigenvalue weighted by atomic mass is 16.1. The van der Waals surface area contributed by atoms with Crippen LogP contribution in [0.5, 0.6) is 0 Å². The van der Waals surface area contributed by atoms with E-state index in [0.29, 0.717) is 0 Å². The Kier molecular flexibility index (Phi) is 2.19.